The van der Waals surface area contributed by atoms with E-state index in [-0.39, 0.29) is 17.5 Å². The Morgan fingerprint density at radius 2 is 1.46 bits per heavy atom. The minimum atomic E-state index is 0.148. The van der Waals surface area contributed by atoms with Gasteiger partial charge in [0.2, 0.25) is 0 Å². The van der Waals surface area contributed by atoms with Gasteiger partial charge in [0.1, 0.15) is 11.5 Å². The molecular formula is C36H36BNO. The quantitative estimate of drug-likeness (QED) is 0.218. The maximum absolute atomic E-state index is 6.69. The summed E-state index contributed by atoms with van der Waals surface area (Å²) < 4.78 is 6.69. The Balaban J connectivity index is 1.51. The van der Waals surface area contributed by atoms with Crippen molar-refractivity contribution in [3.8, 4) is 11.5 Å². The molecular weight excluding hydrogens is 473 g/mol. The predicted molar refractivity (Wildman–Crippen MR) is 164 cm³/mol. The number of hydrogen-bond donors (Lipinski definition) is 0. The molecule has 0 saturated heterocycles. The van der Waals surface area contributed by atoms with Gasteiger partial charge in [0, 0.05) is 17.1 Å². The van der Waals surface area contributed by atoms with Crippen LogP contribution in [0.4, 0.5) is 17.1 Å². The molecule has 194 valence electrons. The van der Waals surface area contributed by atoms with Crippen LogP contribution in [0.3, 0.4) is 0 Å². The molecule has 0 unspecified atom stereocenters. The highest BCUT2D eigenvalue weighted by Gasteiger charge is 2.46. The molecule has 0 fully saturated rings. The second-order valence-corrected chi connectivity index (χ2v) is 13.7. The minimum absolute atomic E-state index is 0.148. The van der Waals surface area contributed by atoms with E-state index >= 15 is 0 Å². The summed E-state index contributed by atoms with van der Waals surface area (Å²) in [6.45, 7) is 14.3. The van der Waals surface area contributed by atoms with Crippen LogP contribution in [0.2, 0.25) is 0 Å². The highest BCUT2D eigenvalue weighted by Crippen LogP contribution is 2.50. The number of anilines is 3. The number of ether oxygens (including phenoxy) is 1. The highest BCUT2D eigenvalue weighted by atomic mass is 16.5. The third-order valence-corrected chi connectivity index (χ3v) is 10.2. The second kappa shape index (κ2) is 7.59. The molecule has 8 rings (SSSR count). The van der Waals surface area contributed by atoms with Crippen molar-refractivity contribution < 1.29 is 4.74 Å². The Labute approximate surface area is 233 Å². The third kappa shape index (κ3) is 3.16. The van der Waals surface area contributed by atoms with Gasteiger partial charge in [0.05, 0.1) is 0 Å². The minimum Gasteiger partial charge on any atom is -0.458 e. The summed E-state index contributed by atoms with van der Waals surface area (Å²) in [6.07, 6.45) is 4.76. The first-order valence-corrected chi connectivity index (χ1v) is 14.7. The molecule has 0 spiro atoms. The molecule has 0 atom stereocenters. The van der Waals surface area contributed by atoms with Crippen LogP contribution in [0, 0.1) is 13.8 Å². The fraction of sp³-hybridized carbons (Fsp3) is 0.333. The first kappa shape index (κ1) is 23.4. The average Bonchev–Trinajstić information content (AvgIpc) is 2.87. The number of hydrogen-bond acceptors (Lipinski definition) is 2. The SMILES string of the molecule is Cc1ccc2c(c1)B1c3cc4c(cc3N(c3cccc5c3CC5)c3cc(C)cc(c31)O2)C(C)(C)CCC4(C)C. The fourth-order valence-corrected chi connectivity index (χ4v) is 7.76. The maximum Gasteiger partial charge on any atom is 0.256 e. The first-order valence-electron chi connectivity index (χ1n) is 14.7. The zero-order valence-electron chi connectivity index (χ0n) is 24.0. The highest BCUT2D eigenvalue weighted by molar-refractivity contribution is 6.99. The van der Waals surface area contributed by atoms with Crippen molar-refractivity contribution in [1.82, 2.24) is 0 Å². The summed E-state index contributed by atoms with van der Waals surface area (Å²) in [5.41, 5.74) is 16.9. The van der Waals surface area contributed by atoms with Crippen molar-refractivity contribution in [3.05, 3.63) is 94.0 Å². The van der Waals surface area contributed by atoms with Gasteiger partial charge in [0.25, 0.3) is 6.71 Å². The number of aryl methyl sites for hydroxylation is 3. The van der Waals surface area contributed by atoms with Crippen LogP contribution in [0.5, 0.6) is 11.5 Å². The molecule has 2 nitrogen and oxygen atoms in total. The van der Waals surface area contributed by atoms with Crippen molar-refractivity contribution in [2.24, 2.45) is 0 Å². The summed E-state index contributed by atoms with van der Waals surface area (Å²) in [6, 6.07) is 23.4. The zero-order chi connectivity index (χ0) is 26.8. The van der Waals surface area contributed by atoms with E-state index in [4.69, 9.17) is 4.74 Å². The Hall–Kier alpha value is -3.46. The predicted octanol–water partition coefficient (Wildman–Crippen LogP) is 7.16. The second-order valence-electron chi connectivity index (χ2n) is 13.7. The van der Waals surface area contributed by atoms with Crippen LogP contribution in [-0.4, -0.2) is 6.71 Å². The summed E-state index contributed by atoms with van der Waals surface area (Å²) in [4.78, 5) is 2.60. The van der Waals surface area contributed by atoms with Crippen LogP contribution < -0.4 is 26.0 Å². The van der Waals surface area contributed by atoms with E-state index in [1.54, 1.807) is 0 Å². The van der Waals surface area contributed by atoms with Crippen molar-refractivity contribution in [1.29, 1.82) is 0 Å². The van der Waals surface area contributed by atoms with Crippen LogP contribution in [0.15, 0.2) is 60.7 Å². The van der Waals surface area contributed by atoms with Gasteiger partial charge in [-0.3, -0.25) is 0 Å². The van der Waals surface area contributed by atoms with Crippen LogP contribution in [0.1, 0.15) is 73.9 Å². The maximum atomic E-state index is 6.69. The van der Waals surface area contributed by atoms with Crippen LogP contribution in [0.25, 0.3) is 0 Å². The van der Waals surface area contributed by atoms with Gasteiger partial charge in [-0.1, -0.05) is 63.6 Å². The van der Waals surface area contributed by atoms with Crippen molar-refractivity contribution >= 4 is 40.2 Å². The molecule has 0 N–H and O–H groups in total. The van der Waals surface area contributed by atoms with Gasteiger partial charge in [0.15, 0.2) is 0 Å². The molecule has 3 heteroatoms. The van der Waals surface area contributed by atoms with Crippen LogP contribution >= 0.6 is 0 Å². The molecule has 0 bridgehead atoms. The van der Waals surface area contributed by atoms with Gasteiger partial charge >= 0.3 is 0 Å². The lowest BCUT2D eigenvalue weighted by molar-refractivity contribution is 0.332. The lowest BCUT2D eigenvalue weighted by Crippen LogP contribution is -2.60. The number of nitrogens with zero attached hydrogens (tertiary/aromatic N) is 1. The monoisotopic (exact) mass is 509 g/mol. The fourth-order valence-electron chi connectivity index (χ4n) is 7.76. The molecule has 4 aromatic carbocycles. The molecule has 2 aliphatic carbocycles. The Morgan fingerprint density at radius 1 is 0.692 bits per heavy atom. The summed E-state index contributed by atoms with van der Waals surface area (Å²) in [7, 11) is 0. The number of rotatable bonds is 1. The molecule has 2 heterocycles. The van der Waals surface area contributed by atoms with Crippen molar-refractivity contribution in [2.75, 3.05) is 4.90 Å². The third-order valence-electron chi connectivity index (χ3n) is 10.2. The summed E-state index contributed by atoms with van der Waals surface area (Å²) >= 11 is 0. The Bertz CT molecular complexity index is 1730. The summed E-state index contributed by atoms with van der Waals surface area (Å²) in [5, 5.41) is 0. The molecule has 39 heavy (non-hydrogen) atoms. The van der Waals surface area contributed by atoms with Crippen molar-refractivity contribution in [3.63, 3.8) is 0 Å². The zero-order valence-corrected chi connectivity index (χ0v) is 24.0. The van der Waals surface area contributed by atoms with Gasteiger partial charge < -0.3 is 9.64 Å². The van der Waals surface area contributed by atoms with Gasteiger partial charge in [-0.15, -0.1) is 0 Å². The largest absolute Gasteiger partial charge is 0.458 e. The molecule has 0 radical (unpaired) electrons. The molecule has 0 saturated carbocycles. The number of benzene rings is 4. The van der Waals surface area contributed by atoms with E-state index in [1.165, 1.54) is 86.1 Å². The van der Waals surface area contributed by atoms with E-state index in [2.05, 4.69) is 107 Å². The van der Waals surface area contributed by atoms with Gasteiger partial charge in [-0.25, -0.2) is 0 Å². The Morgan fingerprint density at radius 3 is 2.21 bits per heavy atom. The topological polar surface area (TPSA) is 12.5 Å². The number of fused-ring (bicyclic) bond motifs is 6. The smallest absolute Gasteiger partial charge is 0.256 e. The van der Waals surface area contributed by atoms with Gasteiger partial charge in [-0.2, -0.15) is 0 Å². The van der Waals surface area contributed by atoms with E-state index in [0.29, 0.717) is 0 Å². The molecule has 0 amide bonds. The van der Waals surface area contributed by atoms with Gasteiger partial charge in [-0.05, 0) is 125 Å². The van der Waals surface area contributed by atoms with Crippen molar-refractivity contribution in [2.45, 2.75) is 78.1 Å². The molecule has 4 aliphatic rings. The van der Waals surface area contributed by atoms with E-state index in [0.717, 1.165) is 17.9 Å². The van der Waals surface area contributed by atoms with E-state index in [1.807, 2.05) is 0 Å². The molecule has 2 aliphatic heterocycles. The normalized spacial score (nSPS) is 18.6. The van der Waals surface area contributed by atoms with Crippen LogP contribution in [-0.2, 0) is 23.7 Å². The molecule has 4 aromatic rings. The standard InChI is InChI=1S/C36H36BNO/c1-21-10-13-32-28(16-21)37-27-19-25-26(36(5,6)15-14-35(25,3)4)20-30(27)38(29-9-7-8-23-11-12-24(23)29)31-17-22(2)18-33(39-32)34(31)37/h7-10,13,16-20H,11-12,14-15H2,1-6H3. The lowest BCUT2D eigenvalue weighted by atomic mass is 9.33. The molecule has 0 aromatic heterocycles. The first-order chi connectivity index (χ1) is 18.6. The Kier molecular flexibility index (Phi) is 4.56. The van der Waals surface area contributed by atoms with E-state index < -0.39 is 0 Å². The lowest BCUT2D eigenvalue weighted by Gasteiger charge is -2.46. The summed E-state index contributed by atoms with van der Waals surface area (Å²) in [5.74, 6) is 2.00. The van der Waals surface area contributed by atoms with E-state index in [9.17, 15) is 0 Å². The average molecular weight is 510 g/mol.